The van der Waals surface area contributed by atoms with Crippen LogP contribution in [-0.2, 0) is 4.74 Å². The smallest absolute Gasteiger partial charge is 0.255 e. The molecule has 1 amide bonds. The summed E-state index contributed by atoms with van der Waals surface area (Å²) in [6.07, 6.45) is -0.0486. The highest BCUT2D eigenvalue weighted by atomic mass is 79.9. The van der Waals surface area contributed by atoms with Gasteiger partial charge in [-0.1, -0.05) is 33.6 Å². The molecule has 0 N–H and O–H groups in total. The predicted octanol–water partition coefficient (Wildman–Crippen LogP) is 3.10. The molecule has 6 heteroatoms. The third-order valence-electron chi connectivity index (χ3n) is 3.12. The number of morpholine rings is 1. The normalized spacial score (nSPS) is 23.5. The van der Waals surface area contributed by atoms with Crippen LogP contribution in [0.2, 0.25) is 5.02 Å². The van der Waals surface area contributed by atoms with E-state index in [0.717, 1.165) is 0 Å². The molecule has 0 spiro atoms. The number of nitrogens with zero attached hydrogens (tertiary/aromatic N) is 1. The number of ether oxygens (including phenoxy) is 1. The van der Waals surface area contributed by atoms with Crippen LogP contribution < -0.4 is 0 Å². The topological polar surface area (TPSA) is 29.5 Å². The van der Waals surface area contributed by atoms with Gasteiger partial charge < -0.3 is 9.64 Å². The zero-order valence-corrected chi connectivity index (χ0v) is 12.7. The number of hydrogen-bond acceptors (Lipinski definition) is 2. The van der Waals surface area contributed by atoms with Crippen LogP contribution in [0.1, 0.15) is 17.3 Å². The van der Waals surface area contributed by atoms with E-state index in [1.807, 2.05) is 6.92 Å². The summed E-state index contributed by atoms with van der Waals surface area (Å²) in [6.45, 7) is 2.84. The average molecular weight is 351 g/mol. The highest BCUT2D eigenvalue weighted by molar-refractivity contribution is 9.09. The van der Waals surface area contributed by atoms with Gasteiger partial charge in [0.05, 0.1) is 29.3 Å². The van der Waals surface area contributed by atoms with E-state index in [2.05, 4.69) is 15.9 Å². The van der Waals surface area contributed by atoms with Gasteiger partial charge in [-0.05, 0) is 19.1 Å². The van der Waals surface area contributed by atoms with Gasteiger partial charge in [-0.15, -0.1) is 0 Å². The Morgan fingerprint density at radius 2 is 2.37 bits per heavy atom. The maximum absolute atomic E-state index is 13.4. The van der Waals surface area contributed by atoms with E-state index in [1.165, 1.54) is 12.1 Å². The fraction of sp³-hybridized carbons (Fsp3) is 0.462. The Morgan fingerprint density at radius 3 is 3.05 bits per heavy atom. The Kier molecular flexibility index (Phi) is 4.81. The van der Waals surface area contributed by atoms with E-state index in [-0.39, 0.29) is 28.6 Å². The molecule has 1 aliphatic heterocycles. The summed E-state index contributed by atoms with van der Waals surface area (Å²) in [5.41, 5.74) is 0.198. The van der Waals surface area contributed by atoms with Gasteiger partial charge in [0.25, 0.3) is 5.91 Å². The van der Waals surface area contributed by atoms with Crippen molar-refractivity contribution in [2.45, 2.75) is 19.1 Å². The van der Waals surface area contributed by atoms with Crippen molar-refractivity contribution in [3.63, 3.8) is 0 Å². The molecular formula is C13H14BrClFNO2. The fourth-order valence-corrected chi connectivity index (χ4v) is 2.62. The molecule has 3 nitrogen and oxygen atoms in total. The van der Waals surface area contributed by atoms with Crippen molar-refractivity contribution in [2.75, 3.05) is 18.5 Å². The molecule has 0 bridgehead atoms. The van der Waals surface area contributed by atoms with E-state index in [0.29, 0.717) is 18.5 Å². The Balaban J connectivity index is 2.24. The van der Waals surface area contributed by atoms with Crippen LogP contribution >= 0.6 is 27.5 Å². The predicted molar refractivity (Wildman–Crippen MR) is 75.4 cm³/mol. The molecule has 1 heterocycles. The van der Waals surface area contributed by atoms with Gasteiger partial charge >= 0.3 is 0 Å². The molecule has 2 rings (SSSR count). The lowest BCUT2D eigenvalue weighted by atomic mass is 10.1. The molecule has 1 aromatic rings. The molecule has 1 fully saturated rings. The molecule has 1 aliphatic rings. The fourth-order valence-electron chi connectivity index (χ4n) is 2.02. The van der Waals surface area contributed by atoms with Crippen LogP contribution in [0, 0.1) is 5.82 Å². The van der Waals surface area contributed by atoms with Crippen molar-refractivity contribution in [1.29, 1.82) is 0 Å². The largest absolute Gasteiger partial charge is 0.373 e. The number of hydrogen-bond donors (Lipinski definition) is 0. The molecule has 1 aromatic carbocycles. The Hall–Kier alpha value is -0.650. The van der Waals surface area contributed by atoms with E-state index in [1.54, 1.807) is 11.0 Å². The van der Waals surface area contributed by atoms with Crippen molar-refractivity contribution in [1.82, 2.24) is 4.90 Å². The lowest BCUT2D eigenvalue weighted by Gasteiger charge is -2.37. The van der Waals surface area contributed by atoms with Gasteiger partial charge in [0.15, 0.2) is 0 Å². The van der Waals surface area contributed by atoms with Crippen molar-refractivity contribution < 1.29 is 13.9 Å². The third-order valence-corrected chi connectivity index (χ3v) is 4.23. The quantitative estimate of drug-likeness (QED) is 0.767. The van der Waals surface area contributed by atoms with Crippen LogP contribution in [-0.4, -0.2) is 41.4 Å². The molecule has 0 aromatic heterocycles. The molecule has 0 radical (unpaired) electrons. The van der Waals surface area contributed by atoms with Crippen LogP contribution in [0.4, 0.5) is 4.39 Å². The number of carbonyl (C=O) groups is 1. The summed E-state index contributed by atoms with van der Waals surface area (Å²) >= 11 is 9.20. The van der Waals surface area contributed by atoms with Gasteiger partial charge in [-0.3, -0.25) is 4.79 Å². The number of amides is 1. The summed E-state index contributed by atoms with van der Waals surface area (Å²) in [5, 5.41) is 0.530. The van der Waals surface area contributed by atoms with Crippen molar-refractivity contribution >= 4 is 33.4 Å². The van der Waals surface area contributed by atoms with Crippen LogP contribution in [0.25, 0.3) is 0 Å². The first-order valence-electron chi connectivity index (χ1n) is 5.97. The summed E-state index contributed by atoms with van der Waals surface area (Å²) in [4.78, 5) is 14.1. The molecule has 2 atom stereocenters. The van der Waals surface area contributed by atoms with Crippen LogP contribution in [0.5, 0.6) is 0 Å². The Labute approximate surface area is 124 Å². The minimum absolute atomic E-state index is 0.0486. The number of carbonyl (C=O) groups excluding carboxylic acids is 1. The van der Waals surface area contributed by atoms with Gasteiger partial charge in [0, 0.05) is 11.9 Å². The Bertz CT molecular complexity index is 486. The van der Waals surface area contributed by atoms with E-state index in [4.69, 9.17) is 16.3 Å². The summed E-state index contributed by atoms with van der Waals surface area (Å²) < 4.78 is 19.0. The SMILES string of the molecule is CC1COC(CBr)CN1C(=O)c1cccc(F)c1Cl. The van der Waals surface area contributed by atoms with Gasteiger partial charge in [0.2, 0.25) is 0 Å². The molecular weight excluding hydrogens is 337 g/mol. The number of rotatable bonds is 2. The van der Waals surface area contributed by atoms with Crippen molar-refractivity contribution in [3.05, 3.63) is 34.6 Å². The lowest BCUT2D eigenvalue weighted by molar-refractivity contribution is -0.0361. The monoisotopic (exact) mass is 349 g/mol. The molecule has 2 unspecified atom stereocenters. The van der Waals surface area contributed by atoms with E-state index in [9.17, 15) is 9.18 Å². The molecule has 19 heavy (non-hydrogen) atoms. The van der Waals surface area contributed by atoms with Crippen LogP contribution in [0.15, 0.2) is 18.2 Å². The molecule has 1 saturated heterocycles. The summed E-state index contributed by atoms with van der Waals surface area (Å²) in [7, 11) is 0. The second-order valence-corrected chi connectivity index (χ2v) is 5.54. The number of benzene rings is 1. The average Bonchev–Trinajstić information content (AvgIpc) is 2.42. The second kappa shape index (κ2) is 6.20. The second-order valence-electron chi connectivity index (χ2n) is 4.52. The standard InChI is InChI=1S/C13H14BrClFNO2/c1-8-7-19-9(5-14)6-17(8)13(18)10-3-2-4-11(16)12(10)15/h2-4,8-9H,5-7H2,1H3. The molecule has 0 saturated carbocycles. The number of alkyl halides is 1. The first-order chi connectivity index (χ1) is 9.04. The van der Waals surface area contributed by atoms with E-state index >= 15 is 0 Å². The summed E-state index contributed by atoms with van der Waals surface area (Å²) in [6, 6.07) is 4.21. The van der Waals surface area contributed by atoms with Gasteiger partial charge in [-0.25, -0.2) is 4.39 Å². The molecule has 0 aliphatic carbocycles. The van der Waals surface area contributed by atoms with Crippen molar-refractivity contribution in [2.24, 2.45) is 0 Å². The summed E-state index contributed by atoms with van der Waals surface area (Å²) in [5.74, 6) is -0.836. The van der Waals surface area contributed by atoms with Crippen molar-refractivity contribution in [3.8, 4) is 0 Å². The number of halogens is 3. The third kappa shape index (κ3) is 3.09. The highest BCUT2D eigenvalue weighted by Gasteiger charge is 2.31. The minimum atomic E-state index is -0.578. The van der Waals surface area contributed by atoms with Gasteiger partial charge in [0.1, 0.15) is 5.82 Å². The highest BCUT2D eigenvalue weighted by Crippen LogP contribution is 2.23. The van der Waals surface area contributed by atoms with Gasteiger partial charge in [-0.2, -0.15) is 0 Å². The minimum Gasteiger partial charge on any atom is -0.373 e. The zero-order valence-electron chi connectivity index (χ0n) is 10.4. The first kappa shape index (κ1) is 14.8. The first-order valence-corrected chi connectivity index (χ1v) is 7.47. The zero-order chi connectivity index (χ0) is 14.0. The Morgan fingerprint density at radius 1 is 1.63 bits per heavy atom. The maximum atomic E-state index is 13.4. The molecule has 104 valence electrons. The van der Waals surface area contributed by atoms with Crippen LogP contribution in [0.3, 0.4) is 0 Å². The lowest BCUT2D eigenvalue weighted by Crippen LogP contribution is -2.51. The maximum Gasteiger partial charge on any atom is 0.255 e. The van der Waals surface area contributed by atoms with E-state index < -0.39 is 5.82 Å².